The molecule has 88 valence electrons. The second kappa shape index (κ2) is 3.88. The second-order valence-corrected chi connectivity index (χ2v) is 5.64. The Labute approximate surface area is 97.0 Å². The molecule has 1 aliphatic carbocycles. The Bertz CT molecular complexity index is 353. The number of hydrogen-bond donors (Lipinski definition) is 2. The SMILES string of the molecule is CC(C)c1nc(CC2CNC2)[nH]c1C1CC1. The maximum atomic E-state index is 4.81. The first-order valence-electron chi connectivity index (χ1n) is 6.53. The Hall–Kier alpha value is -0.830. The highest BCUT2D eigenvalue weighted by atomic mass is 15.0. The zero-order chi connectivity index (χ0) is 11.1. The highest BCUT2D eigenvalue weighted by Gasteiger charge is 2.30. The molecule has 0 aromatic carbocycles. The van der Waals surface area contributed by atoms with E-state index in [1.54, 1.807) is 0 Å². The van der Waals surface area contributed by atoms with E-state index in [2.05, 4.69) is 24.1 Å². The lowest BCUT2D eigenvalue weighted by Gasteiger charge is -2.25. The molecule has 0 bridgehead atoms. The number of H-pyrrole nitrogens is 1. The molecule has 3 nitrogen and oxygen atoms in total. The van der Waals surface area contributed by atoms with Crippen LogP contribution in [0.5, 0.6) is 0 Å². The van der Waals surface area contributed by atoms with E-state index in [1.165, 1.54) is 30.1 Å². The number of nitrogens with one attached hydrogen (secondary N) is 2. The van der Waals surface area contributed by atoms with Gasteiger partial charge in [0.2, 0.25) is 0 Å². The summed E-state index contributed by atoms with van der Waals surface area (Å²) in [6, 6.07) is 0. The molecule has 0 spiro atoms. The van der Waals surface area contributed by atoms with Gasteiger partial charge in [-0.05, 0) is 37.8 Å². The molecule has 0 unspecified atom stereocenters. The van der Waals surface area contributed by atoms with Crippen LogP contribution in [0.4, 0.5) is 0 Å². The summed E-state index contributed by atoms with van der Waals surface area (Å²) < 4.78 is 0. The van der Waals surface area contributed by atoms with Crippen molar-refractivity contribution in [3.05, 3.63) is 17.2 Å². The molecule has 2 N–H and O–H groups in total. The van der Waals surface area contributed by atoms with Crippen LogP contribution < -0.4 is 5.32 Å². The zero-order valence-electron chi connectivity index (χ0n) is 10.2. The quantitative estimate of drug-likeness (QED) is 0.815. The van der Waals surface area contributed by atoms with Gasteiger partial charge in [-0.1, -0.05) is 13.8 Å². The molecule has 0 radical (unpaired) electrons. The molecule has 1 saturated heterocycles. The van der Waals surface area contributed by atoms with Gasteiger partial charge in [-0.3, -0.25) is 0 Å². The zero-order valence-corrected chi connectivity index (χ0v) is 10.2. The minimum Gasteiger partial charge on any atom is -0.345 e. The van der Waals surface area contributed by atoms with Gasteiger partial charge in [0, 0.05) is 18.0 Å². The molecule has 3 rings (SSSR count). The van der Waals surface area contributed by atoms with Crippen LogP contribution in [0.2, 0.25) is 0 Å². The normalized spacial score (nSPS) is 21.4. The third-order valence-electron chi connectivity index (χ3n) is 3.69. The number of aromatic amines is 1. The first-order valence-corrected chi connectivity index (χ1v) is 6.53. The van der Waals surface area contributed by atoms with Crippen LogP contribution in [0.3, 0.4) is 0 Å². The van der Waals surface area contributed by atoms with Crippen molar-refractivity contribution in [1.29, 1.82) is 0 Å². The summed E-state index contributed by atoms with van der Waals surface area (Å²) in [4.78, 5) is 8.39. The molecule has 2 heterocycles. The Morgan fingerprint density at radius 3 is 2.56 bits per heavy atom. The summed E-state index contributed by atoms with van der Waals surface area (Å²) in [5.41, 5.74) is 2.77. The third-order valence-corrected chi connectivity index (χ3v) is 3.69. The summed E-state index contributed by atoms with van der Waals surface area (Å²) in [5.74, 6) is 3.37. The fourth-order valence-corrected chi connectivity index (χ4v) is 2.44. The molecule has 2 aliphatic rings. The highest BCUT2D eigenvalue weighted by Crippen LogP contribution is 2.42. The number of hydrogen-bond acceptors (Lipinski definition) is 2. The number of aromatic nitrogens is 2. The Balaban J connectivity index is 1.79. The van der Waals surface area contributed by atoms with Gasteiger partial charge in [0.25, 0.3) is 0 Å². The van der Waals surface area contributed by atoms with E-state index in [9.17, 15) is 0 Å². The van der Waals surface area contributed by atoms with Crippen molar-refractivity contribution in [3.8, 4) is 0 Å². The molecule has 1 aromatic heterocycles. The average molecular weight is 219 g/mol. The van der Waals surface area contributed by atoms with Crippen molar-refractivity contribution < 1.29 is 0 Å². The van der Waals surface area contributed by atoms with Gasteiger partial charge in [-0.15, -0.1) is 0 Å². The largest absolute Gasteiger partial charge is 0.345 e. The van der Waals surface area contributed by atoms with E-state index in [0.717, 1.165) is 31.3 Å². The fourth-order valence-electron chi connectivity index (χ4n) is 2.44. The minimum absolute atomic E-state index is 0.556. The van der Waals surface area contributed by atoms with Gasteiger partial charge in [0.15, 0.2) is 0 Å². The van der Waals surface area contributed by atoms with E-state index >= 15 is 0 Å². The van der Waals surface area contributed by atoms with E-state index in [4.69, 9.17) is 4.98 Å². The van der Waals surface area contributed by atoms with E-state index in [-0.39, 0.29) is 0 Å². The van der Waals surface area contributed by atoms with Crippen molar-refractivity contribution >= 4 is 0 Å². The maximum absolute atomic E-state index is 4.81. The number of imidazole rings is 1. The van der Waals surface area contributed by atoms with Crippen molar-refractivity contribution in [2.45, 2.75) is 44.9 Å². The lowest BCUT2D eigenvalue weighted by molar-refractivity contribution is 0.341. The van der Waals surface area contributed by atoms with E-state index < -0.39 is 0 Å². The summed E-state index contributed by atoms with van der Waals surface area (Å²) in [6.45, 7) is 6.82. The lowest BCUT2D eigenvalue weighted by Crippen LogP contribution is -2.43. The Morgan fingerprint density at radius 1 is 1.31 bits per heavy atom. The average Bonchev–Trinajstić information content (AvgIpc) is 2.93. The molecule has 2 fully saturated rings. The van der Waals surface area contributed by atoms with Gasteiger partial charge in [0.1, 0.15) is 5.82 Å². The van der Waals surface area contributed by atoms with Crippen LogP contribution in [-0.4, -0.2) is 23.1 Å². The summed E-state index contributed by atoms with van der Waals surface area (Å²) in [7, 11) is 0. The topological polar surface area (TPSA) is 40.7 Å². The van der Waals surface area contributed by atoms with Gasteiger partial charge in [0.05, 0.1) is 5.69 Å². The molecule has 0 amide bonds. The van der Waals surface area contributed by atoms with Crippen molar-refractivity contribution in [1.82, 2.24) is 15.3 Å². The summed E-state index contributed by atoms with van der Waals surface area (Å²) >= 11 is 0. The van der Waals surface area contributed by atoms with Crippen molar-refractivity contribution in [3.63, 3.8) is 0 Å². The van der Waals surface area contributed by atoms with Gasteiger partial charge in [-0.2, -0.15) is 0 Å². The van der Waals surface area contributed by atoms with Crippen LogP contribution in [0.15, 0.2) is 0 Å². The van der Waals surface area contributed by atoms with Gasteiger partial charge in [-0.25, -0.2) is 4.98 Å². The molecule has 3 heteroatoms. The summed E-state index contributed by atoms with van der Waals surface area (Å²) in [5, 5.41) is 3.32. The molecular formula is C13H21N3. The second-order valence-electron chi connectivity index (χ2n) is 5.64. The van der Waals surface area contributed by atoms with Crippen LogP contribution in [0, 0.1) is 5.92 Å². The minimum atomic E-state index is 0.556. The third kappa shape index (κ3) is 1.88. The number of rotatable bonds is 4. The van der Waals surface area contributed by atoms with Gasteiger partial charge >= 0.3 is 0 Å². The van der Waals surface area contributed by atoms with Crippen LogP contribution >= 0.6 is 0 Å². The molecule has 1 saturated carbocycles. The molecule has 1 aliphatic heterocycles. The number of nitrogens with zero attached hydrogens (tertiary/aromatic N) is 1. The van der Waals surface area contributed by atoms with Crippen LogP contribution in [0.1, 0.15) is 55.7 Å². The first-order chi connectivity index (χ1) is 7.74. The predicted octanol–water partition coefficient (Wildman–Crippen LogP) is 2.17. The fraction of sp³-hybridized carbons (Fsp3) is 0.769. The standard InChI is InChI=1S/C13H21N3/c1-8(2)12-13(10-3-4-10)16-11(15-12)5-9-6-14-7-9/h8-10,14H,3-7H2,1-2H3,(H,15,16). The lowest BCUT2D eigenvalue weighted by atomic mass is 9.99. The molecule has 0 atom stereocenters. The van der Waals surface area contributed by atoms with Crippen molar-refractivity contribution in [2.75, 3.05) is 13.1 Å². The molecule has 16 heavy (non-hydrogen) atoms. The predicted molar refractivity (Wildman–Crippen MR) is 64.7 cm³/mol. The molecular weight excluding hydrogens is 198 g/mol. The Kier molecular flexibility index (Phi) is 2.51. The Morgan fingerprint density at radius 2 is 2.06 bits per heavy atom. The van der Waals surface area contributed by atoms with Gasteiger partial charge < -0.3 is 10.3 Å². The van der Waals surface area contributed by atoms with E-state index in [1.807, 2.05) is 0 Å². The summed E-state index contributed by atoms with van der Waals surface area (Å²) in [6.07, 6.45) is 3.83. The maximum Gasteiger partial charge on any atom is 0.106 e. The molecule has 1 aromatic rings. The van der Waals surface area contributed by atoms with Crippen LogP contribution in [-0.2, 0) is 6.42 Å². The monoisotopic (exact) mass is 219 g/mol. The van der Waals surface area contributed by atoms with Crippen LogP contribution in [0.25, 0.3) is 0 Å². The first kappa shape index (κ1) is 10.3. The van der Waals surface area contributed by atoms with E-state index in [0.29, 0.717) is 5.92 Å². The smallest absolute Gasteiger partial charge is 0.106 e. The van der Waals surface area contributed by atoms with Crippen molar-refractivity contribution in [2.24, 2.45) is 5.92 Å². The highest BCUT2D eigenvalue weighted by molar-refractivity contribution is 5.25.